The highest BCUT2D eigenvalue weighted by Gasteiger charge is 2.13. The fourth-order valence-electron chi connectivity index (χ4n) is 1.66. The van der Waals surface area contributed by atoms with E-state index in [0.29, 0.717) is 5.56 Å². The van der Waals surface area contributed by atoms with Crippen LogP contribution in [-0.4, -0.2) is 11.1 Å². The summed E-state index contributed by atoms with van der Waals surface area (Å²) in [5, 5.41) is 9.10. The second kappa shape index (κ2) is 4.30. The van der Waals surface area contributed by atoms with Crippen LogP contribution in [0.3, 0.4) is 0 Å². The number of hydrogen-bond acceptors (Lipinski definition) is 1. The minimum atomic E-state index is -0.866. The monoisotopic (exact) mass is 204 g/mol. The molecule has 1 aromatic carbocycles. The first kappa shape index (κ1) is 11.5. The van der Waals surface area contributed by atoms with E-state index in [9.17, 15) is 4.79 Å². The van der Waals surface area contributed by atoms with E-state index in [2.05, 4.69) is 0 Å². The van der Waals surface area contributed by atoms with Gasteiger partial charge in [-0.3, -0.25) is 0 Å². The van der Waals surface area contributed by atoms with E-state index < -0.39 is 5.97 Å². The standard InChI is InChI=1S/C13H16O2/c1-5-6-11-10(4)9(3)8(2)7-12(11)13(14)15/h5-7H,1-4H3,(H,14,15)/b6-5-. The molecule has 0 saturated carbocycles. The molecule has 0 fully saturated rings. The Morgan fingerprint density at radius 1 is 1.27 bits per heavy atom. The summed E-state index contributed by atoms with van der Waals surface area (Å²) in [6.07, 6.45) is 3.72. The molecule has 0 aliphatic heterocycles. The van der Waals surface area contributed by atoms with Crippen LogP contribution in [0.5, 0.6) is 0 Å². The van der Waals surface area contributed by atoms with E-state index in [4.69, 9.17) is 5.11 Å². The Hall–Kier alpha value is -1.57. The lowest BCUT2D eigenvalue weighted by Gasteiger charge is -2.11. The van der Waals surface area contributed by atoms with E-state index in [1.807, 2.05) is 39.8 Å². The molecule has 0 atom stereocenters. The summed E-state index contributed by atoms with van der Waals surface area (Å²) in [6, 6.07) is 1.74. The van der Waals surface area contributed by atoms with E-state index >= 15 is 0 Å². The maximum Gasteiger partial charge on any atom is 0.336 e. The maximum absolute atomic E-state index is 11.1. The van der Waals surface area contributed by atoms with Crippen LogP contribution in [0.1, 0.15) is 39.5 Å². The molecule has 1 aromatic rings. The smallest absolute Gasteiger partial charge is 0.336 e. The number of allylic oxidation sites excluding steroid dienone is 1. The normalized spacial score (nSPS) is 10.9. The topological polar surface area (TPSA) is 37.3 Å². The van der Waals surface area contributed by atoms with Gasteiger partial charge in [0.1, 0.15) is 0 Å². The summed E-state index contributed by atoms with van der Waals surface area (Å²) in [7, 11) is 0. The molecule has 0 heterocycles. The number of carboxylic acid groups (broad SMARTS) is 1. The number of carboxylic acids is 1. The zero-order valence-corrected chi connectivity index (χ0v) is 9.59. The lowest BCUT2D eigenvalue weighted by Crippen LogP contribution is -2.04. The Morgan fingerprint density at radius 3 is 2.33 bits per heavy atom. The number of aromatic carboxylic acids is 1. The van der Waals surface area contributed by atoms with Crippen molar-refractivity contribution in [1.29, 1.82) is 0 Å². The minimum absolute atomic E-state index is 0.383. The summed E-state index contributed by atoms with van der Waals surface area (Å²) >= 11 is 0. The van der Waals surface area contributed by atoms with Crippen molar-refractivity contribution in [2.45, 2.75) is 27.7 Å². The third-order valence-electron chi connectivity index (χ3n) is 2.77. The highest BCUT2D eigenvalue weighted by molar-refractivity contribution is 5.93. The second-order valence-corrected chi connectivity index (χ2v) is 3.71. The third-order valence-corrected chi connectivity index (χ3v) is 2.77. The van der Waals surface area contributed by atoms with Crippen LogP contribution in [-0.2, 0) is 0 Å². The molecule has 80 valence electrons. The van der Waals surface area contributed by atoms with E-state index in [1.165, 1.54) is 0 Å². The lowest BCUT2D eigenvalue weighted by molar-refractivity contribution is 0.0696. The predicted octanol–water partition coefficient (Wildman–Crippen LogP) is 3.34. The largest absolute Gasteiger partial charge is 0.478 e. The molecular weight excluding hydrogens is 188 g/mol. The maximum atomic E-state index is 11.1. The van der Waals surface area contributed by atoms with Gasteiger partial charge in [0.2, 0.25) is 0 Å². The molecule has 0 unspecified atom stereocenters. The summed E-state index contributed by atoms with van der Waals surface area (Å²) in [4.78, 5) is 11.1. The van der Waals surface area contributed by atoms with Gasteiger partial charge in [-0.15, -0.1) is 0 Å². The van der Waals surface area contributed by atoms with E-state index in [0.717, 1.165) is 22.3 Å². The van der Waals surface area contributed by atoms with Crippen LogP contribution in [0.25, 0.3) is 6.08 Å². The average molecular weight is 204 g/mol. The molecule has 2 nitrogen and oxygen atoms in total. The Bertz CT molecular complexity index is 429. The molecule has 15 heavy (non-hydrogen) atoms. The van der Waals surface area contributed by atoms with E-state index in [-0.39, 0.29) is 0 Å². The van der Waals surface area contributed by atoms with Gasteiger partial charge in [-0.2, -0.15) is 0 Å². The van der Waals surface area contributed by atoms with Gasteiger partial charge in [-0.05, 0) is 56.0 Å². The summed E-state index contributed by atoms with van der Waals surface area (Å²) in [6.45, 7) is 7.81. The van der Waals surface area contributed by atoms with Gasteiger partial charge in [0, 0.05) is 0 Å². The summed E-state index contributed by atoms with van der Waals surface area (Å²) in [5.41, 5.74) is 4.43. The van der Waals surface area contributed by atoms with Gasteiger partial charge in [0.25, 0.3) is 0 Å². The van der Waals surface area contributed by atoms with Gasteiger partial charge in [-0.1, -0.05) is 12.2 Å². The first-order chi connectivity index (χ1) is 6.99. The van der Waals surface area contributed by atoms with Crippen LogP contribution in [0.15, 0.2) is 12.1 Å². The molecule has 1 N–H and O–H groups in total. The van der Waals surface area contributed by atoms with Crippen molar-refractivity contribution in [3.8, 4) is 0 Å². The van der Waals surface area contributed by atoms with Crippen molar-refractivity contribution < 1.29 is 9.90 Å². The third kappa shape index (κ3) is 2.09. The number of carbonyl (C=O) groups is 1. The van der Waals surface area contributed by atoms with Crippen LogP contribution < -0.4 is 0 Å². The Labute approximate surface area is 90.3 Å². The summed E-state index contributed by atoms with van der Waals surface area (Å²) in [5.74, 6) is -0.866. The Morgan fingerprint density at radius 2 is 1.87 bits per heavy atom. The van der Waals surface area contributed by atoms with Crippen molar-refractivity contribution >= 4 is 12.0 Å². The van der Waals surface area contributed by atoms with Gasteiger partial charge >= 0.3 is 5.97 Å². The van der Waals surface area contributed by atoms with Gasteiger partial charge in [0.15, 0.2) is 0 Å². The van der Waals surface area contributed by atoms with Crippen molar-refractivity contribution in [3.05, 3.63) is 40.0 Å². The average Bonchev–Trinajstić information content (AvgIpc) is 2.18. The fourth-order valence-corrected chi connectivity index (χ4v) is 1.66. The van der Waals surface area contributed by atoms with Gasteiger partial charge < -0.3 is 5.11 Å². The molecule has 0 aliphatic carbocycles. The number of aryl methyl sites for hydroxylation is 1. The van der Waals surface area contributed by atoms with Crippen molar-refractivity contribution in [2.75, 3.05) is 0 Å². The molecule has 0 aromatic heterocycles. The van der Waals surface area contributed by atoms with Crippen LogP contribution in [0.4, 0.5) is 0 Å². The molecule has 2 heteroatoms. The first-order valence-electron chi connectivity index (χ1n) is 4.95. The molecule has 0 saturated heterocycles. The lowest BCUT2D eigenvalue weighted by atomic mass is 9.93. The zero-order valence-electron chi connectivity index (χ0n) is 9.59. The first-order valence-corrected chi connectivity index (χ1v) is 4.95. The molecular formula is C13H16O2. The zero-order chi connectivity index (χ0) is 11.6. The van der Waals surface area contributed by atoms with Crippen molar-refractivity contribution in [1.82, 2.24) is 0 Å². The van der Waals surface area contributed by atoms with Crippen LogP contribution in [0, 0.1) is 20.8 Å². The molecule has 0 bridgehead atoms. The van der Waals surface area contributed by atoms with Crippen molar-refractivity contribution in [3.63, 3.8) is 0 Å². The van der Waals surface area contributed by atoms with Crippen LogP contribution in [0.2, 0.25) is 0 Å². The summed E-state index contributed by atoms with van der Waals surface area (Å²) < 4.78 is 0. The quantitative estimate of drug-likeness (QED) is 0.802. The van der Waals surface area contributed by atoms with Crippen molar-refractivity contribution in [2.24, 2.45) is 0 Å². The Balaban J connectivity index is 3.57. The highest BCUT2D eigenvalue weighted by Crippen LogP contribution is 2.23. The second-order valence-electron chi connectivity index (χ2n) is 3.71. The number of hydrogen-bond donors (Lipinski definition) is 1. The minimum Gasteiger partial charge on any atom is -0.478 e. The van der Waals surface area contributed by atoms with E-state index in [1.54, 1.807) is 6.07 Å². The molecule has 0 radical (unpaired) electrons. The predicted molar refractivity (Wildman–Crippen MR) is 62.3 cm³/mol. The van der Waals surface area contributed by atoms with Crippen LogP contribution >= 0.6 is 0 Å². The number of rotatable bonds is 2. The molecule has 0 amide bonds. The van der Waals surface area contributed by atoms with Gasteiger partial charge in [-0.25, -0.2) is 4.79 Å². The molecule has 1 rings (SSSR count). The highest BCUT2D eigenvalue weighted by atomic mass is 16.4. The number of benzene rings is 1. The SMILES string of the molecule is C/C=C\c1c(C(=O)O)cc(C)c(C)c1C. The fraction of sp³-hybridized carbons (Fsp3) is 0.308. The van der Waals surface area contributed by atoms with Gasteiger partial charge in [0.05, 0.1) is 5.56 Å². The molecule has 0 spiro atoms. The molecule has 0 aliphatic rings. The Kier molecular flexibility index (Phi) is 3.30.